The van der Waals surface area contributed by atoms with Gasteiger partial charge in [-0.2, -0.15) is 0 Å². The van der Waals surface area contributed by atoms with Gasteiger partial charge < -0.3 is 75.8 Å². The fourth-order valence-electron chi connectivity index (χ4n) is 14.1. The SMILES string of the molecule is COc1cccc(CCNC(=O)c2ccc(-c3ccnc(Nc4ccc(CCN5CCC(O)CC5)cc4)n3)s2)c1.COc1cccc(CCNC(=O)c2ccc(-c3ccnc(Nc4ccc(OCCCN5CCC(CO)CC5)cc4)n3)s2)c1.COc1cccc(CCNC(=O)c2ccc(-c3ccnc(Nc4cccc(N5CCN(C)CC5=O)c4)n3)s2)c1. The molecular formula is C93H104N16O10S3. The molecule has 0 bridgehead atoms. The minimum absolute atomic E-state index is 0.0805. The number of carbonyl (C=O) groups excluding carboxylic acids is 4. The van der Waals surface area contributed by atoms with Crippen LogP contribution in [0.1, 0.15) is 83.4 Å². The van der Waals surface area contributed by atoms with Crippen LogP contribution in [0.25, 0.3) is 31.7 Å². The van der Waals surface area contributed by atoms with Crippen LogP contribution in [0.3, 0.4) is 0 Å². The second kappa shape index (κ2) is 45.0. The van der Waals surface area contributed by atoms with Gasteiger partial charge in [-0.1, -0.05) is 54.6 Å². The third kappa shape index (κ3) is 26.5. The van der Waals surface area contributed by atoms with Crippen molar-refractivity contribution in [2.24, 2.45) is 5.92 Å². The molecule has 3 aliphatic rings. The van der Waals surface area contributed by atoms with E-state index in [2.05, 4.69) is 83.7 Å². The number of piperazine rings is 1. The molecule has 3 saturated heterocycles. The predicted molar refractivity (Wildman–Crippen MR) is 484 cm³/mol. The topological polar surface area (TPSA) is 308 Å². The van der Waals surface area contributed by atoms with E-state index in [1.165, 1.54) is 39.6 Å². The number of piperidine rings is 2. The smallest absolute Gasteiger partial charge is 0.261 e. The molecule has 3 fully saturated rings. The van der Waals surface area contributed by atoms with Gasteiger partial charge in [-0.15, -0.1) is 34.0 Å². The van der Waals surface area contributed by atoms with Gasteiger partial charge in [-0.3, -0.25) is 24.1 Å². The standard InChI is InChI=1S/C33H39N5O4S.C31H35N5O3S.C29H30N6O3S/c1-41-28-5-2-4-24(22-28)12-16-34-32(40)31-11-10-30(43-31)29-13-17-35-33(37-29)36-26-6-8-27(9-7-26)42-21-3-18-38-19-14-25(23-39)15-20-38;1-39-26-4-2-3-23(21-26)11-16-32-30(38)29-10-9-28(40-29)27-12-17-33-31(35-27)34-24-7-5-22(6-8-24)13-18-36-19-14-25(37)15-20-36;1-34-15-16-35(27(36)19-34)22-7-4-6-21(18-22)32-29-31-14-12-24(33-29)25-9-10-26(39-25)28(37)30-13-11-20-5-3-8-23(17-20)38-2/h2,4-11,13,17,22,25,39H,3,12,14-16,18-21,23H2,1H3,(H,34,40)(H,35,36,37);2-10,12,17,21,25,37H,11,13-16,18-20H2,1H3,(H,32,38)(H,33,34,35);3-10,12,14,17-18H,11,13,15-16,19H2,1-2H3,(H,30,37)(H,31,32,33). The molecule has 6 aromatic carbocycles. The largest absolute Gasteiger partial charge is 0.497 e. The molecule has 0 saturated carbocycles. The predicted octanol–water partition coefficient (Wildman–Crippen LogP) is 14.5. The Kier molecular flexibility index (Phi) is 32.4. The number of ether oxygens (including phenoxy) is 4. The Hall–Kier alpha value is -12.1. The molecule has 26 nitrogen and oxygen atoms in total. The summed E-state index contributed by atoms with van der Waals surface area (Å²) in [6, 6.07) is 64.1. The minimum atomic E-state index is -0.135. The first kappa shape index (κ1) is 87.7. The number of thiophene rings is 3. The number of nitrogens with one attached hydrogen (secondary N) is 6. The summed E-state index contributed by atoms with van der Waals surface area (Å²) in [6.45, 7) is 10.6. The Morgan fingerprint density at radius 3 is 1.34 bits per heavy atom. The number of carbonyl (C=O) groups is 4. The summed E-state index contributed by atoms with van der Waals surface area (Å²) in [5, 5.41) is 37.7. The van der Waals surface area contributed by atoms with Gasteiger partial charge in [0.2, 0.25) is 23.8 Å². The van der Waals surface area contributed by atoms with Crippen LogP contribution in [-0.2, 0) is 30.5 Å². The lowest BCUT2D eigenvalue weighted by Gasteiger charge is -2.32. The average molecular weight is 1700 g/mol. The first-order valence-electron chi connectivity index (χ1n) is 41.1. The maximum absolute atomic E-state index is 12.7. The van der Waals surface area contributed by atoms with Crippen molar-refractivity contribution < 1.29 is 48.3 Å². The summed E-state index contributed by atoms with van der Waals surface area (Å²) < 4.78 is 21.7. The molecule has 0 spiro atoms. The van der Waals surface area contributed by atoms with Gasteiger partial charge in [-0.05, 0) is 252 Å². The lowest BCUT2D eigenvalue weighted by Crippen LogP contribution is -2.48. The number of aromatic nitrogens is 6. The summed E-state index contributed by atoms with van der Waals surface area (Å²) in [7, 11) is 6.88. The Bertz CT molecular complexity index is 5370. The van der Waals surface area contributed by atoms with Crippen molar-refractivity contribution in [1.82, 2.24) is 60.6 Å². The highest BCUT2D eigenvalue weighted by Gasteiger charge is 2.25. The van der Waals surface area contributed by atoms with E-state index in [1.54, 1.807) is 44.8 Å². The molecule has 12 aromatic rings. The normalized spacial score (nSPS) is 14.0. The van der Waals surface area contributed by atoms with Gasteiger partial charge in [0.05, 0.1) is 86.9 Å². The fraction of sp³-hybridized carbons (Fsp3) is 0.312. The summed E-state index contributed by atoms with van der Waals surface area (Å²) in [5.74, 6) is 4.92. The molecule has 29 heteroatoms. The van der Waals surface area contributed by atoms with Crippen molar-refractivity contribution in [3.8, 4) is 54.7 Å². The number of amides is 4. The van der Waals surface area contributed by atoms with Crippen LogP contribution in [0.2, 0.25) is 0 Å². The van der Waals surface area contributed by atoms with Crippen LogP contribution in [-0.4, -0.2) is 205 Å². The third-order valence-corrected chi connectivity index (χ3v) is 24.3. The molecule has 122 heavy (non-hydrogen) atoms. The zero-order valence-corrected chi connectivity index (χ0v) is 71.5. The van der Waals surface area contributed by atoms with E-state index < -0.39 is 0 Å². The van der Waals surface area contributed by atoms with Crippen LogP contribution in [0.5, 0.6) is 23.0 Å². The lowest BCUT2D eigenvalue weighted by atomic mass is 9.98. The number of rotatable bonds is 34. The molecule has 3 aliphatic heterocycles. The minimum Gasteiger partial charge on any atom is -0.497 e. The number of likely N-dealkylation sites (N-methyl/N-ethyl adjacent to an activating group) is 1. The van der Waals surface area contributed by atoms with Crippen molar-refractivity contribution in [2.75, 3.05) is 141 Å². The van der Waals surface area contributed by atoms with Crippen molar-refractivity contribution in [2.45, 2.75) is 63.9 Å². The molecule has 4 amide bonds. The highest BCUT2D eigenvalue weighted by atomic mass is 32.1. The van der Waals surface area contributed by atoms with E-state index in [0.717, 1.165) is 191 Å². The zero-order valence-electron chi connectivity index (χ0n) is 69.1. The van der Waals surface area contributed by atoms with Crippen molar-refractivity contribution in [3.63, 3.8) is 0 Å². The van der Waals surface area contributed by atoms with Gasteiger partial charge in [0, 0.05) is 107 Å². The van der Waals surface area contributed by atoms with Gasteiger partial charge in [0.25, 0.3) is 17.7 Å². The van der Waals surface area contributed by atoms with Gasteiger partial charge in [0.1, 0.15) is 23.0 Å². The van der Waals surface area contributed by atoms with E-state index in [1.807, 2.05) is 200 Å². The number of hydrogen-bond donors (Lipinski definition) is 8. The first-order chi connectivity index (χ1) is 59.6. The third-order valence-electron chi connectivity index (χ3n) is 21.0. The number of benzene rings is 6. The quantitative estimate of drug-likeness (QED) is 0.0174. The number of hydrogen-bond acceptors (Lipinski definition) is 25. The monoisotopic (exact) mass is 1700 g/mol. The number of aliphatic hydroxyl groups excluding tert-OH is 2. The van der Waals surface area contributed by atoms with Crippen LogP contribution >= 0.6 is 34.0 Å². The number of aliphatic hydroxyl groups is 2. The summed E-state index contributed by atoms with van der Waals surface area (Å²) in [4.78, 5) is 91.0. The zero-order chi connectivity index (χ0) is 84.8. The Labute approximate surface area is 723 Å². The maximum Gasteiger partial charge on any atom is 0.261 e. The molecule has 0 aliphatic carbocycles. The molecule has 8 N–H and O–H groups in total. The average Bonchev–Trinajstić information content (AvgIpc) is 1.69. The van der Waals surface area contributed by atoms with E-state index in [4.69, 9.17) is 18.9 Å². The molecule has 0 atom stereocenters. The second-order valence-corrected chi connectivity index (χ2v) is 33.0. The first-order valence-corrected chi connectivity index (χ1v) is 43.6. The second-order valence-electron chi connectivity index (χ2n) is 29.8. The van der Waals surface area contributed by atoms with E-state index in [9.17, 15) is 29.4 Å². The van der Waals surface area contributed by atoms with Crippen LogP contribution in [0, 0.1) is 5.92 Å². The van der Waals surface area contributed by atoms with E-state index in [0.29, 0.717) is 90.8 Å². The number of likely N-dealkylation sites (tertiary alicyclic amines) is 2. The van der Waals surface area contributed by atoms with Crippen LogP contribution in [0.15, 0.2) is 219 Å². The summed E-state index contributed by atoms with van der Waals surface area (Å²) in [5.41, 5.74) is 10.2. The van der Waals surface area contributed by atoms with Crippen molar-refractivity contribution >= 4 is 98.2 Å². The van der Waals surface area contributed by atoms with Crippen LogP contribution in [0.4, 0.5) is 40.6 Å². The molecule has 0 radical (unpaired) electrons. The van der Waals surface area contributed by atoms with Crippen molar-refractivity contribution in [1.29, 1.82) is 0 Å². The molecule has 15 rings (SSSR count). The summed E-state index contributed by atoms with van der Waals surface area (Å²) >= 11 is 4.20. The Morgan fingerprint density at radius 2 is 0.885 bits per heavy atom. The number of anilines is 7. The molecule has 0 unspecified atom stereocenters. The maximum atomic E-state index is 12.7. The molecule has 634 valence electrons. The van der Waals surface area contributed by atoms with Gasteiger partial charge in [0.15, 0.2) is 0 Å². The fourth-order valence-corrected chi connectivity index (χ4v) is 16.7. The van der Waals surface area contributed by atoms with E-state index in [-0.39, 0.29) is 29.7 Å². The number of methoxy groups -OCH3 is 3. The molecule has 6 aromatic heterocycles. The summed E-state index contributed by atoms with van der Waals surface area (Å²) in [6.07, 6.45) is 13.0. The highest BCUT2D eigenvalue weighted by molar-refractivity contribution is 7.18. The van der Waals surface area contributed by atoms with Crippen LogP contribution < -0.4 is 55.7 Å². The Morgan fingerprint density at radius 1 is 0.451 bits per heavy atom. The van der Waals surface area contributed by atoms with Gasteiger partial charge >= 0.3 is 0 Å². The lowest BCUT2D eigenvalue weighted by molar-refractivity contribution is -0.120. The molecular weight excluding hydrogens is 1600 g/mol. The Balaban J connectivity index is 0.000000158. The number of nitrogens with zero attached hydrogens (tertiary/aromatic N) is 10. The van der Waals surface area contributed by atoms with Crippen molar-refractivity contribution in [3.05, 3.63) is 256 Å². The highest BCUT2D eigenvalue weighted by Crippen LogP contribution is 2.33. The molecule has 9 heterocycles. The van der Waals surface area contributed by atoms with E-state index >= 15 is 0 Å². The van der Waals surface area contributed by atoms with Gasteiger partial charge in [-0.25, -0.2) is 29.9 Å².